The van der Waals surface area contributed by atoms with E-state index in [0.29, 0.717) is 12.1 Å². The summed E-state index contributed by atoms with van der Waals surface area (Å²) in [5.41, 5.74) is 0.483. The molecular formula is C18H19NO5S. The molecule has 0 amide bonds. The Hall–Kier alpha value is -2.38. The van der Waals surface area contributed by atoms with Crippen molar-refractivity contribution in [2.24, 2.45) is 5.92 Å². The van der Waals surface area contributed by atoms with Crippen molar-refractivity contribution in [1.29, 1.82) is 0 Å². The van der Waals surface area contributed by atoms with Crippen LogP contribution in [0.15, 0.2) is 53.5 Å². The van der Waals surface area contributed by atoms with Gasteiger partial charge in [-0.05, 0) is 36.1 Å². The molecule has 1 aromatic rings. The van der Waals surface area contributed by atoms with E-state index in [-0.39, 0.29) is 22.6 Å². The number of rotatable bonds is 5. The van der Waals surface area contributed by atoms with Gasteiger partial charge >= 0.3 is 5.97 Å². The highest BCUT2D eigenvalue weighted by atomic mass is 32.2. The third-order valence-electron chi connectivity index (χ3n) is 4.42. The molecule has 0 saturated carbocycles. The lowest BCUT2D eigenvalue weighted by molar-refractivity contribution is -0.131. The maximum absolute atomic E-state index is 13.2. The van der Waals surface area contributed by atoms with Crippen molar-refractivity contribution in [3.8, 4) is 5.75 Å². The van der Waals surface area contributed by atoms with Gasteiger partial charge in [0.2, 0.25) is 10.0 Å². The monoisotopic (exact) mass is 361 g/mol. The molecule has 3 rings (SSSR count). The summed E-state index contributed by atoms with van der Waals surface area (Å²) >= 11 is 0. The van der Waals surface area contributed by atoms with Gasteiger partial charge < -0.3 is 9.84 Å². The average molecular weight is 361 g/mol. The highest BCUT2D eigenvalue weighted by Gasteiger charge is 2.40. The maximum Gasteiger partial charge on any atom is 0.328 e. The van der Waals surface area contributed by atoms with Crippen LogP contribution in [0, 0.1) is 5.92 Å². The molecule has 0 aromatic heterocycles. The normalized spacial score (nSPS) is 23.1. The van der Waals surface area contributed by atoms with Crippen LogP contribution >= 0.6 is 0 Å². The Morgan fingerprint density at radius 3 is 2.80 bits per heavy atom. The molecule has 1 N–H and O–H groups in total. The third kappa shape index (κ3) is 3.38. The number of aliphatic carboxylic acids is 1. The van der Waals surface area contributed by atoms with Crippen molar-refractivity contribution in [3.05, 3.63) is 54.1 Å². The Bertz CT molecular complexity index is 869. The fourth-order valence-electron chi connectivity index (χ4n) is 3.22. The number of fused-ring (bicyclic) bond motifs is 1. The summed E-state index contributed by atoms with van der Waals surface area (Å²) in [6, 6.07) is 4.41. The van der Waals surface area contributed by atoms with Gasteiger partial charge in [-0.15, -0.1) is 0 Å². The van der Waals surface area contributed by atoms with Crippen molar-refractivity contribution < 1.29 is 23.1 Å². The topological polar surface area (TPSA) is 83.9 Å². The summed E-state index contributed by atoms with van der Waals surface area (Å²) in [7, 11) is -2.36. The van der Waals surface area contributed by atoms with Crippen LogP contribution in [-0.2, 0) is 14.8 Å². The van der Waals surface area contributed by atoms with E-state index in [4.69, 9.17) is 9.84 Å². The van der Waals surface area contributed by atoms with Gasteiger partial charge in [0.05, 0.1) is 7.11 Å². The van der Waals surface area contributed by atoms with Crippen LogP contribution in [0.5, 0.6) is 5.75 Å². The van der Waals surface area contributed by atoms with Gasteiger partial charge in [-0.1, -0.05) is 30.4 Å². The van der Waals surface area contributed by atoms with Crippen LogP contribution in [0.3, 0.4) is 0 Å². The first-order valence-electron chi connectivity index (χ1n) is 7.89. The van der Waals surface area contributed by atoms with E-state index in [0.717, 1.165) is 12.5 Å². The number of hydrogen-bond donors (Lipinski definition) is 1. The number of hydrogen-bond acceptors (Lipinski definition) is 4. The number of carboxylic acid groups (broad SMARTS) is 1. The van der Waals surface area contributed by atoms with Gasteiger partial charge in [-0.25, -0.2) is 13.2 Å². The van der Waals surface area contributed by atoms with E-state index in [9.17, 15) is 13.2 Å². The molecule has 1 aliphatic heterocycles. The lowest BCUT2D eigenvalue weighted by atomic mass is 9.97. The van der Waals surface area contributed by atoms with Crippen molar-refractivity contribution in [3.63, 3.8) is 0 Å². The number of carbonyl (C=O) groups is 1. The Kier molecular flexibility index (Phi) is 4.78. The van der Waals surface area contributed by atoms with Crippen molar-refractivity contribution in [2.45, 2.75) is 17.4 Å². The lowest BCUT2D eigenvalue weighted by Gasteiger charge is -2.26. The second-order valence-electron chi connectivity index (χ2n) is 5.91. The second kappa shape index (κ2) is 6.85. The Balaban J connectivity index is 2.01. The van der Waals surface area contributed by atoms with Crippen LogP contribution in [0.1, 0.15) is 12.0 Å². The molecule has 1 heterocycles. The minimum absolute atomic E-state index is 0.0474. The zero-order valence-electron chi connectivity index (χ0n) is 13.7. The number of ether oxygens (including phenoxy) is 1. The Morgan fingerprint density at radius 2 is 2.08 bits per heavy atom. The molecule has 1 fully saturated rings. The van der Waals surface area contributed by atoms with Crippen LogP contribution < -0.4 is 4.74 Å². The highest BCUT2D eigenvalue weighted by Crippen LogP contribution is 2.36. The molecule has 1 aliphatic carbocycles. The van der Waals surface area contributed by atoms with E-state index >= 15 is 0 Å². The molecule has 6 nitrogen and oxygen atoms in total. The van der Waals surface area contributed by atoms with E-state index in [2.05, 4.69) is 0 Å². The molecule has 132 valence electrons. The van der Waals surface area contributed by atoms with Gasteiger partial charge in [0.15, 0.2) is 0 Å². The van der Waals surface area contributed by atoms with Crippen LogP contribution in [-0.4, -0.2) is 43.5 Å². The largest absolute Gasteiger partial charge is 0.495 e. The quantitative estimate of drug-likeness (QED) is 0.814. The minimum Gasteiger partial charge on any atom is -0.495 e. The SMILES string of the molecule is COc1ccc(/C=C/C(=O)O)cc1S(=O)(=O)N1CC[C@H]2C=CC=C[C@@H]21. The standard InChI is InChI=1S/C18H19NO5S/c1-24-16-8-6-13(7-9-18(20)21)12-17(16)25(22,23)19-11-10-14-4-2-3-5-15(14)19/h2-9,12,14-15H,10-11H2,1H3,(H,20,21)/b9-7+/t14-,15+/m1/s1. The van der Waals surface area contributed by atoms with E-state index in [1.54, 1.807) is 12.1 Å². The highest BCUT2D eigenvalue weighted by molar-refractivity contribution is 7.89. The molecule has 2 atom stereocenters. The molecule has 7 heteroatoms. The van der Waals surface area contributed by atoms with E-state index in [1.165, 1.54) is 23.6 Å². The first-order valence-corrected chi connectivity index (χ1v) is 9.33. The maximum atomic E-state index is 13.2. The molecule has 0 spiro atoms. The van der Waals surface area contributed by atoms with E-state index < -0.39 is 16.0 Å². The molecule has 0 unspecified atom stereocenters. The van der Waals surface area contributed by atoms with Gasteiger partial charge in [0.25, 0.3) is 0 Å². The molecule has 2 aliphatic rings. The summed E-state index contributed by atoms with van der Waals surface area (Å²) < 4.78 is 33.1. The lowest BCUT2D eigenvalue weighted by Crippen LogP contribution is -2.37. The van der Waals surface area contributed by atoms with Crippen LogP contribution in [0.4, 0.5) is 0 Å². The Labute approximate surface area is 146 Å². The summed E-state index contributed by atoms with van der Waals surface area (Å²) in [5.74, 6) is -0.672. The zero-order valence-corrected chi connectivity index (χ0v) is 14.5. The Morgan fingerprint density at radius 1 is 1.32 bits per heavy atom. The number of sulfonamides is 1. The molecular weight excluding hydrogens is 342 g/mol. The number of benzene rings is 1. The van der Waals surface area contributed by atoms with Gasteiger partial charge in [-0.3, -0.25) is 0 Å². The molecule has 0 bridgehead atoms. The molecule has 0 radical (unpaired) electrons. The minimum atomic E-state index is -3.77. The third-order valence-corrected chi connectivity index (χ3v) is 6.34. The van der Waals surface area contributed by atoms with Gasteiger partial charge in [0, 0.05) is 18.7 Å². The summed E-state index contributed by atoms with van der Waals surface area (Å²) in [6.45, 7) is 0.435. The van der Waals surface area contributed by atoms with Crippen molar-refractivity contribution in [2.75, 3.05) is 13.7 Å². The summed E-state index contributed by atoms with van der Waals surface area (Å²) in [4.78, 5) is 10.7. The fourth-order valence-corrected chi connectivity index (χ4v) is 5.05. The molecule has 1 saturated heterocycles. The predicted octanol–water partition coefficient (Wildman–Crippen LogP) is 2.30. The van der Waals surface area contributed by atoms with E-state index in [1.807, 2.05) is 24.3 Å². The number of carboxylic acids is 1. The number of methoxy groups -OCH3 is 1. The summed E-state index contributed by atoms with van der Waals surface area (Å²) in [5, 5.41) is 8.75. The number of nitrogens with zero attached hydrogens (tertiary/aromatic N) is 1. The first-order chi connectivity index (χ1) is 11.9. The fraction of sp³-hybridized carbons (Fsp3) is 0.278. The molecule has 25 heavy (non-hydrogen) atoms. The summed E-state index contributed by atoms with van der Waals surface area (Å²) in [6.07, 6.45) is 10.8. The average Bonchev–Trinajstić information content (AvgIpc) is 3.04. The van der Waals surface area contributed by atoms with Crippen LogP contribution in [0.2, 0.25) is 0 Å². The van der Waals surface area contributed by atoms with Crippen LogP contribution in [0.25, 0.3) is 6.08 Å². The zero-order chi connectivity index (χ0) is 18.0. The predicted molar refractivity (Wildman–Crippen MR) is 93.7 cm³/mol. The molecule has 1 aromatic carbocycles. The smallest absolute Gasteiger partial charge is 0.328 e. The number of allylic oxidation sites excluding steroid dienone is 2. The first kappa shape index (κ1) is 17.4. The van der Waals surface area contributed by atoms with Gasteiger partial charge in [-0.2, -0.15) is 4.31 Å². The van der Waals surface area contributed by atoms with Gasteiger partial charge in [0.1, 0.15) is 10.6 Å². The van der Waals surface area contributed by atoms with Crippen molar-refractivity contribution >= 4 is 22.1 Å². The second-order valence-corrected chi connectivity index (χ2v) is 7.77. The van der Waals surface area contributed by atoms with Crippen molar-refractivity contribution in [1.82, 2.24) is 4.31 Å².